The van der Waals surface area contributed by atoms with Crippen LogP contribution in [0.1, 0.15) is 0 Å². The normalized spacial score (nSPS) is 11.3. The van der Waals surface area contributed by atoms with Gasteiger partial charge in [0.15, 0.2) is 11.6 Å². The van der Waals surface area contributed by atoms with Gasteiger partial charge < -0.3 is 0 Å². The van der Waals surface area contributed by atoms with Crippen LogP contribution in [0.2, 0.25) is 5.28 Å². The molecule has 0 spiro atoms. The molecule has 8 radical (unpaired) electrons. The second kappa shape index (κ2) is 9.24. The van der Waals surface area contributed by atoms with Gasteiger partial charge in [-0.2, -0.15) is 9.97 Å². The Morgan fingerprint density at radius 1 is 0.486 bits per heavy atom. The number of benzene rings is 5. The van der Waals surface area contributed by atoms with E-state index in [1.165, 1.54) is 0 Å². The van der Waals surface area contributed by atoms with E-state index in [1.54, 1.807) is 0 Å². The summed E-state index contributed by atoms with van der Waals surface area (Å²) in [5, 5.41) is 4.35. The Morgan fingerprint density at radius 3 is 1.97 bits per heavy atom. The lowest BCUT2D eigenvalue weighted by atomic mass is 9.63. The number of fused-ring (bicyclic) bond motifs is 3. The molecule has 37 heavy (non-hydrogen) atoms. The van der Waals surface area contributed by atoms with Gasteiger partial charge in [0.2, 0.25) is 5.28 Å². The first kappa shape index (κ1) is 23.6. The molecule has 0 N–H and O–H groups in total. The standard InChI is InChI=1S/C29H14B4ClN3/c30-23-21(16-8-2-1-3-9-16)24(31)26(33)25(32)22(23)28-35-27(36-29(34)37-28)20-12-6-11-18-17-10-5-4-7-15(17)13-14-19(18)20/h1-14H. The maximum atomic E-state index is 6.65. The molecular weight excluding hydrogens is 469 g/mol. The molecule has 3 nitrogen and oxygen atoms in total. The molecule has 5 aromatic carbocycles. The van der Waals surface area contributed by atoms with Crippen molar-refractivity contribution in [1.29, 1.82) is 0 Å². The molecule has 0 saturated carbocycles. The molecule has 0 fully saturated rings. The molecule has 6 rings (SSSR count). The van der Waals surface area contributed by atoms with Gasteiger partial charge in [-0.3, -0.25) is 0 Å². The molecule has 0 saturated heterocycles. The summed E-state index contributed by atoms with van der Waals surface area (Å²) < 4.78 is 0. The Balaban J connectivity index is 1.60. The van der Waals surface area contributed by atoms with E-state index in [0.29, 0.717) is 27.9 Å². The first-order chi connectivity index (χ1) is 17.9. The third-order valence-electron chi connectivity index (χ3n) is 6.58. The van der Waals surface area contributed by atoms with E-state index >= 15 is 0 Å². The van der Waals surface area contributed by atoms with Gasteiger partial charge in [-0.25, -0.2) is 4.98 Å². The number of rotatable bonds is 3. The van der Waals surface area contributed by atoms with Crippen LogP contribution in [0.4, 0.5) is 0 Å². The van der Waals surface area contributed by atoms with Gasteiger partial charge in [-0.15, -0.1) is 5.46 Å². The average Bonchev–Trinajstić information content (AvgIpc) is 2.92. The molecule has 0 aliphatic carbocycles. The molecule has 0 unspecified atom stereocenters. The van der Waals surface area contributed by atoms with E-state index in [-0.39, 0.29) is 22.0 Å². The molecule has 6 aromatic rings. The van der Waals surface area contributed by atoms with Crippen LogP contribution < -0.4 is 21.9 Å². The molecule has 164 valence electrons. The molecule has 0 aliphatic heterocycles. The van der Waals surface area contributed by atoms with Crippen LogP contribution in [-0.2, 0) is 0 Å². The van der Waals surface area contributed by atoms with Crippen LogP contribution >= 0.6 is 11.6 Å². The quantitative estimate of drug-likeness (QED) is 0.287. The minimum atomic E-state index is 0.00764. The Labute approximate surface area is 225 Å². The van der Waals surface area contributed by atoms with Crippen LogP contribution in [-0.4, -0.2) is 46.3 Å². The summed E-state index contributed by atoms with van der Waals surface area (Å²) in [7, 11) is 25.8. The monoisotopic (exact) mass is 483 g/mol. The molecule has 1 heterocycles. The fourth-order valence-corrected chi connectivity index (χ4v) is 4.96. The van der Waals surface area contributed by atoms with Crippen molar-refractivity contribution < 1.29 is 0 Å². The van der Waals surface area contributed by atoms with Crippen LogP contribution in [0.15, 0.2) is 84.9 Å². The third-order valence-corrected chi connectivity index (χ3v) is 6.75. The number of hydrogen-bond acceptors (Lipinski definition) is 3. The lowest BCUT2D eigenvalue weighted by molar-refractivity contribution is 1.07. The highest BCUT2D eigenvalue weighted by Crippen LogP contribution is 2.32. The SMILES string of the molecule is [B]c1c([B])c(-c2ccccc2)c([B])c(-c2nc(Cl)nc(-c3cccc4c3ccc3ccccc34)n2)c1[B]. The molecular formula is C29H14B4ClN3. The van der Waals surface area contributed by atoms with Crippen molar-refractivity contribution in [3.63, 3.8) is 0 Å². The Morgan fingerprint density at radius 2 is 1.16 bits per heavy atom. The topological polar surface area (TPSA) is 38.7 Å². The molecule has 0 aliphatic rings. The van der Waals surface area contributed by atoms with Gasteiger partial charge in [0.1, 0.15) is 31.4 Å². The maximum Gasteiger partial charge on any atom is 0.226 e. The predicted octanol–water partition coefficient (Wildman–Crippen LogP) is 3.01. The minimum absolute atomic E-state index is 0.00764. The zero-order valence-electron chi connectivity index (χ0n) is 19.6. The van der Waals surface area contributed by atoms with Gasteiger partial charge in [-0.1, -0.05) is 101 Å². The summed E-state index contributed by atoms with van der Waals surface area (Å²) >= 11 is 6.43. The number of aromatic nitrogens is 3. The second-order valence-electron chi connectivity index (χ2n) is 8.71. The van der Waals surface area contributed by atoms with Crippen molar-refractivity contribution in [1.82, 2.24) is 15.0 Å². The largest absolute Gasteiger partial charge is 0.226 e. The fourth-order valence-electron chi connectivity index (χ4n) is 4.80. The molecule has 0 amide bonds. The van der Waals surface area contributed by atoms with Crippen molar-refractivity contribution in [2.24, 2.45) is 0 Å². The zero-order valence-corrected chi connectivity index (χ0v) is 20.4. The van der Waals surface area contributed by atoms with Crippen LogP contribution in [0, 0.1) is 0 Å². The number of hydrogen-bond donors (Lipinski definition) is 0. The molecule has 8 heteroatoms. The van der Waals surface area contributed by atoms with E-state index < -0.39 is 0 Å². The molecule has 1 aromatic heterocycles. The summed E-state index contributed by atoms with van der Waals surface area (Å²) in [6, 6.07) is 27.8. The van der Waals surface area contributed by atoms with Crippen molar-refractivity contribution in [2.75, 3.05) is 0 Å². The number of nitrogens with zero attached hydrogens (tertiary/aromatic N) is 3. The van der Waals surface area contributed by atoms with Crippen molar-refractivity contribution >= 4 is 86.4 Å². The smallest absolute Gasteiger partial charge is 0.208 e. The van der Waals surface area contributed by atoms with E-state index in [0.717, 1.165) is 32.7 Å². The molecule has 0 bridgehead atoms. The average molecular weight is 483 g/mol. The van der Waals surface area contributed by atoms with E-state index in [9.17, 15) is 0 Å². The lowest BCUT2D eigenvalue weighted by Crippen LogP contribution is -2.46. The maximum absolute atomic E-state index is 6.65. The van der Waals surface area contributed by atoms with Gasteiger partial charge >= 0.3 is 0 Å². The van der Waals surface area contributed by atoms with Crippen LogP contribution in [0.5, 0.6) is 0 Å². The minimum Gasteiger partial charge on any atom is -0.208 e. The van der Waals surface area contributed by atoms with Gasteiger partial charge in [0.05, 0.1) is 0 Å². The summed E-state index contributed by atoms with van der Waals surface area (Å²) in [5.41, 5.74) is 3.53. The lowest BCUT2D eigenvalue weighted by Gasteiger charge is -2.22. The first-order valence-electron chi connectivity index (χ1n) is 11.6. The van der Waals surface area contributed by atoms with Crippen LogP contribution in [0.25, 0.3) is 55.4 Å². The van der Waals surface area contributed by atoms with E-state index in [4.69, 9.17) is 48.0 Å². The first-order valence-corrected chi connectivity index (χ1v) is 12.0. The van der Waals surface area contributed by atoms with Gasteiger partial charge in [-0.05, 0) is 44.3 Å². The van der Waals surface area contributed by atoms with E-state index in [1.807, 2.05) is 54.6 Å². The zero-order chi connectivity index (χ0) is 25.7. The van der Waals surface area contributed by atoms with Crippen molar-refractivity contribution in [3.05, 3.63) is 90.2 Å². The van der Waals surface area contributed by atoms with Gasteiger partial charge in [0.25, 0.3) is 0 Å². The summed E-state index contributed by atoms with van der Waals surface area (Å²) in [5.74, 6) is 0.609. The highest BCUT2D eigenvalue weighted by molar-refractivity contribution is 6.63. The van der Waals surface area contributed by atoms with Gasteiger partial charge in [0, 0.05) is 11.1 Å². The Bertz CT molecular complexity index is 1840. The summed E-state index contributed by atoms with van der Waals surface area (Å²) in [4.78, 5) is 13.6. The second-order valence-corrected chi connectivity index (χ2v) is 9.05. The number of halogens is 1. The third kappa shape index (κ3) is 3.95. The van der Waals surface area contributed by atoms with Crippen molar-refractivity contribution in [2.45, 2.75) is 0 Å². The predicted molar refractivity (Wildman–Crippen MR) is 158 cm³/mol. The van der Waals surface area contributed by atoms with Crippen LogP contribution in [0.3, 0.4) is 0 Å². The highest BCUT2D eigenvalue weighted by atomic mass is 35.5. The summed E-state index contributed by atoms with van der Waals surface area (Å²) in [6.45, 7) is 0. The van der Waals surface area contributed by atoms with Crippen molar-refractivity contribution in [3.8, 4) is 33.9 Å². The molecule has 0 atom stereocenters. The Kier molecular flexibility index (Phi) is 5.89. The van der Waals surface area contributed by atoms with E-state index in [2.05, 4.69) is 40.3 Å². The Hall–Kier alpha value is -3.82. The highest BCUT2D eigenvalue weighted by Gasteiger charge is 2.20. The summed E-state index contributed by atoms with van der Waals surface area (Å²) in [6.07, 6.45) is 0. The fraction of sp³-hybridized carbons (Fsp3) is 0.